The minimum absolute atomic E-state index is 0.599. The van der Waals surface area contributed by atoms with Gasteiger partial charge in [0.15, 0.2) is 0 Å². The summed E-state index contributed by atoms with van der Waals surface area (Å²) >= 11 is 0. The molecule has 0 aliphatic rings. The maximum absolute atomic E-state index is 4.68. The molecule has 1 aromatic carbocycles. The molecular formula is C19H18N6. The van der Waals surface area contributed by atoms with Gasteiger partial charge in [0.2, 0.25) is 5.95 Å². The molecule has 3 heterocycles. The molecule has 25 heavy (non-hydrogen) atoms. The van der Waals surface area contributed by atoms with Gasteiger partial charge >= 0.3 is 0 Å². The van der Waals surface area contributed by atoms with Crippen molar-refractivity contribution in [3.05, 3.63) is 66.7 Å². The molecule has 0 amide bonds. The molecule has 0 saturated heterocycles. The van der Waals surface area contributed by atoms with Gasteiger partial charge in [-0.1, -0.05) is 18.2 Å². The molecule has 0 spiro atoms. The van der Waals surface area contributed by atoms with E-state index in [0.717, 1.165) is 34.7 Å². The van der Waals surface area contributed by atoms with Crippen molar-refractivity contribution < 1.29 is 0 Å². The van der Waals surface area contributed by atoms with Crippen molar-refractivity contribution >= 4 is 17.0 Å². The summed E-state index contributed by atoms with van der Waals surface area (Å²) in [7, 11) is 2.04. The molecule has 0 atom stereocenters. The highest BCUT2D eigenvalue weighted by Gasteiger charge is 2.07. The lowest BCUT2D eigenvalue weighted by atomic mass is 10.2. The van der Waals surface area contributed by atoms with Gasteiger partial charge in [-0.15, -0.1) is 0 Å². The fourth-order valence-electron chi connectivity index (χ4n) is 2.81. The van der Waals surface area contributed by atoms with E-state index >= 15 is 0 Å². The van der Waals surface area contributed by atoms with Gasteiger partial charge in [0.1, 0.15) is 5.82 Å². The molecule has 4 aromatic rings. The molecule has 0 fully saturated rings. The number of hydrogen-bond donors (Lipinski definition) is 1. The van der Waals surface area contributed by atoms with Crippen molar-refractivity contribution in [2.75, 3.05) is 11.9 Å². The third-order valence-electron chi connectivity index (χ3n) is 4.09. The van der Waals surface area contributed by atoms with E-state index in [1.807, 2.05) is 49.5 Å². The Bertz CT molecular complexity index is 993. The number of imidazole rings is 1. The van der Waals surface area contributed by atoms with E-state index in [2.05, 4.69) is 35.9 Å². The Kier molecular flexibility index (Phi) is 4.08. The normalized spacial score (nSPS) is 10.9. The van der Waals surface area contributed by atoms with Crippen LogP contribution in [0.15, 0.2) is 60.9 Å². The fourth-order valence-corrected chi connectivity index (χ4v) is 2.81. The van der Waals surface area contributed by atoms with Crippen LogP contribution in [-0.4, -0.2) is 31.0 Å². The molecule has 0 radical (unpaired) electrons. The second-order valence-electron chi connectivity index (χ2n) is 5.73. The zero-order chi connectivity index (χ0) is 17.1. The van der Waals surface area contributed by atoms with Crippen LogP contribution in [0.1, 0.15) is 5.82 Å². The number of anilines is 1. The predicted molar refractivity (Wildman–Crippen MR) is 98.2 cm³/mol. The largest absolute Gasteiger partial charge is 0.354 e. The Hall–Kier alpha value is -3.28. The van der Waals surface area contributed by atoms with Crippen LogP contribution in [0.5, 0.6) is 0 Å². The van der Waals surface area contributed by atoms with E-state index < -0.39 is 0 Å². The zero-order valence-electron chi connectivity index (χ0n) is 13.9. The van der Waals surface area contributed by atoms with Crippen LogP contribution in [0.25, 0.3) is 22.4 Å². The van der Waals surface area contributed by atoms with Crippen molar-refractivity contribution in [3.8, 4) is 11.4 Å². The predicted octanol–water partition coefficient (Wildman–Crippen LogP) is 3.08. The number of para-hydroxylation sites is 2. The maximum Gasteiger partial charge on any atom is 0.223 e. The number of aryl methyl sites for hydroxylation is 1. The summed E-state index contributed by atoms with van der Waals surface area (Å²) in [6.07, 6.45) is 4.30. The summed E-state index contributed by atoms with van der Waals surface area (Å²) in [5.74, 6) is 1.64. The van der Waals surface area contributed by atoms with Gasteiger partial charge in [-0.3, -0.25) is 4.98 Å². The summed E-state index contributed by atoms with van der Waals surface area (Å²) in [6, 6.07) is 15.8. The fraction of sp³-hybridized carbons (Fsp3) is 0.158. The van der Waals surface area contributed by atoms with Crippen molar-refractivity contribution in [1.29, 1.82) is 0 Å². The number of rotatable bonds is 5. The average molecular weight is 330 g/mol. The molecule has 0 saturated carbocycles. The number of hydrogen-bond acceptors (Lipinski definition) is 5. The minimum atomic E-state index is 0.599. The molecular weight excluding hydrogens is 312 g/mol. The molecule has 4 rings (SSSR count). The van der Waals surface area contributed by atoms with Gasteiger partial charge in [-0.25, -0.2) is 15.0 Å². The zero-order valence-corrected chi connectivity index (χ0v) is 13.9. The number of nitrogens with one attached hydrogen (secondary N) is 1. The van der Waals surface area contributed by atoms with Crippen LogP contribution in [0.4, 0.5) is 5.95 Å². The number of aromatic nitrogens is 5. The van der Waals surface area contributed by atoms with Crippen LogP contribution in [-0.2, 0) is 13.5 Å². The number of fused-ring (bicyclic) bond motifs is 1. The maximum atomic E-state index is 4.68. The van der Waals surface area contributed by atoms with Gasteiger partial charge < -0.3 is 9.88 Å². The van der Waals surface area contributed by atoms with Gasteiger partial charge in [0.25, 0.3) is 0 Å². The van der Waals surface area contributed by atoms with E-state index in [0.29, 0.717) is 12.5 Å². The van der Waals surface area contributed by atoms with Crippen molar-refractivity contribution in [1.82, 2.24) is 24.5 Å². The highest BCUT2D eigenvalue weighted by Crippen LogP contribution is 2.16. The minimum Gasteiger partial charge on any atom is -0.354 e. The molecule has 0 bridgehead atoms. The summed E-state index contributed by atoms with van der Waals surface area (Å²) in [4.78, 5) is 17.8. The molecule has 0 unspecified atom stereocenters. The van der Waals surface area contributed by atoms with Crippen LogP contribution in [0.2, 0.25) is 0 Å². The first-order valence-corrected chi connectivity index (χ1v) is 8.20. The van der Waals surface area contributed by atoms with Gasteiger partial charge in [-0.2, -0.15) is 0 Å². The first-order chi connectivity index (χ1) is 12.3. The first kappa shape index (κ1) is 15.3. The quantitative estimate of drug-likeness (QED) is 0.609. The smallest absolute Gasteiger partial charge is 0.223 e. The lowest BCUT2D eigenvalue weighted by Crippen LogP contribution is -2.11. The van der Waals surface area contributed by atoms with E-state index in [-0.39, 0.29) is 0 Å². The highest BCUT2D eigenvalue weighted by atomic mass is 15.1. The van der Waals surface area contributed by atoms with Crippen LogP contribution < -0.4 is 5.32 Å². The Morgan fingerprint density at radius 2 is 1.76 bits per heavy atom. The Morgan fingerprint density at radius 1 is 0.880 bits per heavy atom. The molecule has 1 N–H and O–H groups in total. The molecule has 124 valence electrons. The van der Waals surface area contributed by atoms with Gasteiger partial charge in [0.05, 0.1) is 22.4 Å². The van der Waals surface area contributed by atoms with Gasteiger partial charge in [-0.05, 0) is 30.3 Å². The van der Waals surface area contributed by atoms with Crippen LogP contribution in [0.3, 0.4) is 0 Å². The van der Waals surface area contributed by atoms with Crippen molar-refractivity contribution in [2.45, 2.75) is 6.42 Å². The standard InChI is InChI=1S/C19H18N6/c1-25-17-8-3-2-7-16(17)23-18(25)10-13-22-19-21-12-9-15(24-19)14-6-4-5-11-20-14/h2-9,11-12H,10,13H2,1H3,(H,21,22,24). The second kappa shape index (κ2) is 6.68. The summed E-state index contributed by atoms with van der Waals surface area (Å²) in [6.45, 7) is 0.711. The Labute approximate surface area is 145 Å². The van der Waals surface area contributed by atoms with Crippen molar-refractivity contribution in [2.24, 2.45) is 7.05 Å². The number of benzene rings is 1. The summed E-state index contributed by atoms with van der Waals surface area (Å²) in [5.41, 5.74) is 3.81. The third kappa shape index (κ3) is 3.19. The van der Waals surface area contributed by atoms with Crippen molar-refractivity contribution in [3.63, 3.8) is 0 Å². The molecule has 6 nitrogen and oxygen atoms in total. The Balaban J connectivity index is 1.46. The molecule has 0 aliphatic heterocycles. The first-order valence-electron chi connectivity index (χ1n) is 8.20. The highest BCUT2D eigenvalue weighted by molar-refractivity contribution is 5.75. The average Bonchev–Trinajstić information content (AvgIpc) is 2.99. The van der Waals surface area contributed by atoms with E-state index in [9.17, 15) is 0 Å². The SMILES string of the molecule is Cn1c(CCNc2nccc(-c3ccccn3)n2)nc2ccccc21. The third-order valence-corrected chi connectivity index (χ3v) is 4.09. The monoisotopic (exact) mass is 330 g/mol. The molecule has 0 aliphatic carbocycles. The Morgan fingerprint density at radius 3 is 2.60 bits per heavy atom. The van der Waals surface area contributed by atoms with Crippen LogP contribution in [0, 0.1) is 0 Å². The molecule has 6 heteroatoms. The summed E-state index contributed by atoms with van der Waals surface area (Å²) < 4.78 is 2.13. The van der Waals surface area contributed by atoms with Crippen LogP contribution >= 0.6 is 0 Å². The number of nitrogens with zero attached hydrogens (tertiary/aromatic N) is 5. The number of pyridine rings is 1. The lowest BCUT2D eigenvalue weighted by molar-refractivity contribution is 0.804. The topological polar surface area (TPSA) is 68.5 Å². The second-order valence-corrected chi connectivity index (χ2v) is 5.73. The lowest BCUT2D eigenvalue weighted by Gasteiger charge is -2.06. The molecule has 3 aromatic heterocycles. The van der Waals surface area contributed by atoms with Gasteiger partial charge in [0, 0.05) is 32.4 Å². The summed E-state index contributed by atoms with van der Waals surface area (Å²) in [5, 5.41) is 3.27. The van der Waals surface area contributed by atoms with E-state index in [4.69, 9.17) is 0 Å². The van der Waals surface area contributed by atoms with E-state index in [1.54, 1.807) is 12.4 Å². The van der Waals surface area contributed by atoms with E-state index in [1.165, 1.54) is 0 Å².